The topological polar surface area (TPSA) is 17.1 Å². The van der Waals surface area contributed by atoms with Crippen molar-refractivity contribution in [3.63, 3.8) is 0 Å². The van der Waals surface area contributed by atoms with Crippen molar-refractivity contribution in [3.8, 4) is 0 Å². The molecule has 1 aromatic rings. The lowest BCUT2D eigenvalue weighted by atomic mass is 9.95. The van der Waals surface area contributed by atoms with E-state index in [9.17, 15) is 4.79 Å². The van der Waals surface area contributed by atoms with Gasteiger partial charge in [0.05, 0.1) is 0 Å². The fraction of sp³-hybridized carbons (Fsp3) is 0.417. The van der Waals surface area contributed by atoms with Crippen molar-refractivity contribution in [2.75, 3.05) is 0 Å². The Labute approximate surface area is 90.1 Å². The number of carbonyl (C=O) groups is 1. The second-order valence-electron chi connectivity index (χ2n) is 3.94. The van der Waals surface area contributed by atoms with Crippen LogP contribution < -0.4 is 0 Å². The highest BCUT2D eigenvalue weighted by Crippen LogP contribution is 2.22. The minimum atomic E-state index is 0.0364. The molecule has 0 fully saturated rings. The van der Waals surface area contributed by atoms with E-state index in [1.807, 2.05) is 39.8 Å². The molecule has 14 heavy (non-hydrogen) atoms. The minimum Gasteiger partial charge on any atom is -0.294 e. The molecular weight excluding hydrogens is 196 g/mol. The number of ketones is 1. The van der Waals surface area contributed by atoms with E-state index in [4.69, 9.17) is 11.6 Å². The van der Waals surface area contributed by atoms with Crippen molar-refractivity contribution in [1.82, 2.24) is 0 Å². The zero-order valence-electron chi connectivity index (χ0n) is 9.02. The molecule has 0 saturated heterocycles. The average Bonchev–Trinajstić information content (AvgIpc) is 2.10. The van der Waals surface area contributed by atoms with Crippen LogP contribution in [0, 0.1) is 19.8 Å². The number of rotatable bonds is 2. The van der Waals surface area contributed by atoms with Crippen LogP contribution in [-0.4, -0.2) is 5.78 Å². The molecule has 1 nitrogen and oxygen atoms in total. The fourth-order valence-electron chi connectivity index (χ4n) is 1.36. The maximum absolute atomic E-state index is 11.8. The summed E-state index contributed by atoms with van der Waals surface area (Å²) in [6, 6.07) is 3.73. The fourth-order valence-corrected chi connectivity index (χ4v) is 1.58. The molecule has 0 aliphatic rings. The van der Waals surface area contributed by atoms with Gasteiger partial charge in [0.15, 0.2) is 5.78 Å². The van der Waals surface area contributed by atoms with Crippen LogP contribution in [0.4, 0.5) is 0 Å². The molecule has 2 heteroatoms. The number of aryl methyl sites for hydroxylation is 2. The molecule has 0 aromatic heterocycles. The highest BCUT2D eigenvalue weighted by atomic mass is 35.5. The van der Waals surface area contributed by atoms with Crippen molar-refractivity contribution >= 4 is 17.4 Å². The van der Waals surface area contributed by atoms with Crippen molar-refractivity contribution < 1.29 is 4.79 Å². The van der Waals surface area contributed by atoms with E-state index in [2.05, 4.69) is 0 Å². The van der Waals surface area contributed by atoms with Crippen LogP contribution in [0.3, 0.4) is 0 Å². The van der Waals surface area contributed by atoms with Gasteiger partial charge in [0.2, 0.25) is 0 Å². The van der Waals surface area contributed by atoms with Gasteiger partial charge in [0.25, 0.3) is 0 Å². The summed E-state index contributed by atoms with van der Waals surface area (Å²) in [5.41, 5.74) is 2.71. The molecule has 0 bridgehead atoms. The summed E-state index contributed by atoms with van der Waals surface area (Å²) in [6.07, 6.45) is 0. The minimum absolute atomic E-state index is 0.0364. The highest BCUT2D eigenvalue weighted by Gasteiger charge is 2.14. The molecule has 1 rings (SSSR count). The Morgan fingerprint density at radius 2 is 1.79 bits per heavy atom. The molecule has 0 aliphatic carbocycles. The molecule has 0 unspecified atom stereocenters. The van der Waals surface area contributed by atoms with Gasteiger partial charge in [-0.2, -0.15) is 0 Å². The Morgan fingerprint density at radius 3 is 2.29 bits per heavy atom. The second-order valence-corrected chi connectivity index (χ2v) is 4.34. The van der Waals surface area contributed by atoms with Gasteiger partial charge < -0.3 is 0 Å². The zero-order chi connectivity index (χ0) is 10.9. The van der Waals surface area contributed by atoms with E-state index in [-0.39, 0.29) is 11.7 Å². The molecule has 76 valence electrons. The number of Topliss-reactive ketones (excluding diaryl/α,β-unsaturated/α-hetero) is 1. The van der Waals surface area contributed by atoms with Gasteiger partial charge in [-0.05, 0) is 37.1 Å². The predicted molar refractivity (Wildman–Crippen MR) is 60.1 cm³/mol. The normalized spacial score (nSPS) is 10.7. The van der Waals surface area contributed by atoms with Gasteiger partial charge in [0, 0.05) is 16.5 Å². The first-order valence-corrected chi connectivity index (χ1v) is 5.12. The Kier molecular flexibility index (Phi) is 3.33. The van der Waals surface area contributed by atoms with Gasteiger partial charge >= 0.3 is 0 Å². The monoisotopic (exact) mass is 210 g/mol. The van der Waals surface area contributed by atoms with Crippen molar-refractivity contribution in [2.45, 2.75) is 27.7 Å². The number of hydrogen-bond donors (Lipinski definition) is 0. The van der Waals surface area contributed by atoms with Gasteiger partial charge in [-0.25, -0.2) is 0 Å². The van der Waals surface area contributed by atoms with Gasteiger partial charge in [-0.1, -0.05) is 25.4 Å². The Bertz CT molecular complexity index is 367. The van der Waals surface area contributed by atoms with E-state index in [0.29, 0.717) is 0 Å². The third-order valence-corrected chi connectivity index (χ3v) is 2.70. The predicted octanol–water partition coefficient (Wildman–Crippen LogP) is 3.80. The molecular formula is C12H15ClO. The van der Waals surface area contributed by atoms with Crippen molar-refractivity contribution in [2.24, 2.45) is 5.92 Å². The number of halogens is 1. The quantitative estimate of drug-likeness (QED) is 0.679. The number of benzene rings is 1. The van der Waals surface area contributed by atoms with Crippen LogP contribution in [0.5, 0.6) is 0 Å². The van der Waals surface area contributed by atoms with Crippen molar-refractivity contribution in [3.05, 3.63) is 33.8 Å². The largest absolute Gasteiger partial charge is 0.294 e. The van der Waals surface area contributed by atoms with E-state index in [1.165, 1.54) is 0 Å². The maximum atomic E-state index is 11.8. The smallest absolute Gasteiger partial charge is 0.165 e. The average molecular weight is 211 g/mol. The van der Waals surface area contributed by atoms with E-state index < -0.39 is 0 Å². The van der Waals surface area contributed by atoms with E-state index in [1.54, 1.807) is 0 Å². The molecule has 1 aromatic carbocycles. The van der Waals surface area contributed by atoms with Crippen molar-refractivity contribution in [1.29, 1.82) is 0 Å². The number of carbonyl (C=O) groups excluding carboxylic acids is 1. The molecule has 0 amide bonds. The highest BCUT2D eigenvalue weighted by molar-refractivity contribution is 6.31. The van der Waals surface area contributed by atoms with Gasteiger partial charge in [-0.15, -0.1) is 0 Å². The summed E-state index contributed by atoms with van der Waals surface area (Å²) >= 11 is 5.96. The lowest BCUT2D eigenvalue weighted by Crippen LogP contribution is -2.09. The Balaban J connectivity index is 3.22. The maximum Gasteiger partial charge on any atom is 0.165 e. The van der Waals surface area contributed by atoms with Crippen LogP contribution in [-0.2, 0) is 0 Å². The standard InChI is InChI=1S/C12H15ClO/c1-7(2)12(14)10-5-9(4)11(13)6-8(10)3/h5-7H,1-4H3. The second kappa shape index (κ2) is 4.14. The third kappa shape index (κ3) is 2.16. The summed E-state index contributed by atoms with van der Waals surface area (Å²) in [4.78, 5) is 11.8. The lowest BCUT2D eigenvalue weighted by Gasteiger charge is -2.09. The van der Waals surface area contributed by atoms with Gasteiger partial charge in [-0.3, -0.25) is 4.79 Å². The first kappa shape index (κ1) is 11.3. The summed E-state index contributed by atoms with van der Waals surface area (Å²) in [6.45, 7) is 7.65. The molecule has 0 heterocycles. The molecule has 0 aliphatic heterocycles. The van der Waals surface area contributed by atoms with Gasteiger partial charge in [0.1, 0.15) is 0 Å². The first-order chi connectivity index (χ1) is 6.43. The number of hydrogen-bond acceptors (Lipinski definition) is 1. The van der Waals surface area contributed by atoms with Crippen LogP contribution in [0.2, 0.25) is 5.02 Å². The molecule has 0 atom stereocenters. The Morgan fingerprint density at radius 1 is 1.21 bits per heavy atom. The lowest BCUT2D eigenvalue weighted by molar-refractivity contribution is 0.0938. The molecule has 0 saturated carbocycles. The Hall–Kier alpha value is -0.820. The summed E-state index contributed by atoms with van der Waals surface area (Å²) < 4.78 is 0. The molecule has 0 spiro atoms. The van der Waals surface area contributed by atoms with Crippen LogP contribution in [0.25, 0.3) is 0 Å². The van der Waals surface area contributed by atoms with Crippen LogP contribution >= 0.6 is 11.6 Å². The van der Waals surface area contributed by atoms with E-state index in [0.717, 1.165) is 21.7 Å². The molecule has 0 N–H and O–H groups in total. The SMILES string of the molecule is Cc1cc(C(=O)C(C)C)c(C)cc1Cl. The first-order valence-electron chi connectivity index (χ1n) is 4.74. The molecule has 0 radical (unpaired) electrons. The summed E-state index contributed by atoms with van der Waals surface area (Å²) in [5.74, 6) is 0.219. The third-order valence-electron chi connectivity index (χ3n) is 2.30. The summed E-state index contributed by atoms with van der Waals surface area (Å²) in [5, 5.41) is 0.725. The van der Waals surface area contributed by atoms with E-state index >= 15 is 0 Å². The van der Waals surface area contributed by atoms with Crippen LogP contribution in [0.1, 0.15) is 35.3 Å². The zero-order valence-corrected chi connectivity index (χ0v) is 9.77. The summed E-state index contributed by atoms with van der Waals surface area (Å²) in [7, 11) is 0. The van der Waals surface area contributed by atoms with Crippen LogP contribution in [0.15, 0.2) is 12.1 Å².